The van der Waals surface area contributed by atoms with Crippen LogP contribution in [0.15, 0.2) is 18.2 Å². The minimum atomic E-state index is -0.652. The van der Waals surface area contributed by atoms with Gasteiger partial charge in [-0.2, -0.15) is 0 Å². The minimum Gasteiger partial charge on any atom is -0.273 e. The molecule has 0 saturated carbocycles. The first-order chi connectivity index (χ1) is 12.2. The summed E-state index contributed by atoms with van der Waals surface area (Å²) in [7, 11) is 0. The highest BCUT2D eigenvalue weighted by molar-refractivity contribution is 5.97. The molecule has 0 unspecified atom stereocenters. The van der Waals surface area contributed by atoms with Gasteiger partial charge in [-0.3, -0.25) is 40.9 Å². The van der Waals surface area contributed by atoms with E-state index in [-0.39, 0.29) is 47.9 Å². The van der Waals surface area contributed by atoms with Crippen molar-refractivity contribution in [1.29, 1.82) is 0 Å². The van der Waals surface area contributed by atoms with Crippen LogP contribution >= 0.6 is 0 Å². The van der Waals surface area contributed by atoms with Crippen molar-refractivity contribution >= 4 is 23.6 Å². The first-order valence-electron chi connectivity index (χ1n) is 8.34. The fourth-order valence-electron chi connectivity index (χ4n) is 1.91. The maximum atomic E-state index is 12.0. The highest BCUT2D eigenvalue weighted by atomic mass is 16.2. The molecule has 0 aliphatic heterocycles. The summed E-state index contributed by atoms with van der Waals surface area (Å²) in [6.07, 6.45) is 0.540. The van der Waals surface area contributed by atoms with Crippen LogP contribution in [-0.4, -0.2) is 28.6 Å². The number of aromatic nitrogens is 1. The van der Waals surface area contributed by atoms with Gasteiger partial charge in [-0.15, -0.1) is 0 Å². The van der Waals surface area contributed by atoms with E-state index in [1.807, 2.05) is 27.7 Å². The van der Waals surface area contributed by atoms with Gasteiger partial charge in [0, 0.05) is 12.8 Å². The first kappa shape index (κ1) is 21.1. The van der Waals surface area contributed by atoms with Gasteiger partial charge in [-0.05, 0) is 24.0 Å². The van der Waals surface area contributed by atoms with E-state index in [2.05, 4.69) is 26.7 Å². The van der Waals surface area contributed by atoms with Gasteiger partial charge >= 0.3 is 0 Å². The molecular weight excluding hydrogens is 338 g/mol. The Kier molecular flexibility index (Phi) is 8.20. The van der Waals surface area contributed by atoms with E-state index in [0.29, 0.717) is 0 Å². The molecule has 1 aromatic heterocycles. The minimum absolute atomic E-state index is 0.0454. The van der Waals surface area contributed by atoms with Crippen molar-refractivity contribution in [3.63, 3.8) is 0 Å². The van der Waals surface area contributed by atoms with Crippen LogP contribution in [0.4, 0.5) is 0 Å². The summed E-state index contributed by atoms with van der Waals surface area (Å²) in [5.74, 6) is -1.64. The highest BCUT2D eigenvalue weighted by Crippen LogP contribution is 2.01. The molecule has 26 heavy (non-hydrogen) atoms. The SMILES string of the molecule is CC(C)CC(=O)NNC(=O)c1cccc(C(=O)NNC(=O)CC(C)C)n1. The van der Waals surface area contributed by atoms with Crippen LogP contribution in [0.1, 0.15) is 61.5 Å². The second-order valence-corrected chi connectivity index (χ2v) is 6.61. The van der Waals surface area contributed by atoms with Gasteiger partial charge in [0.2, 0.25) is 11.8 Å². The van der Waals surface area contributed by atoms with E-state index in [9.17, 15) is 19.2 Å². The number of hydrazine groups is 2. The Morgan fingerprint density at radius 3 is 1.50 bits per heavy atom. The fourth-order valence-corrected chi connectivity index (χ4v) is 1.91. The van der Waals surface area contributed by atoms with Crippen molar-refractivity contribution in [2.45, 2.75) is 40.5 Å². The molecule has 0 bridgehead atoms. The predicted molar refractivity (Wildman–Crippen MR) is 94.4 cm³/mol. The zero-order valence-electron chi connectivity index (χ0n) is 15.4. The number of hydrogen-bond donors (Lipinski definition) is 4. The lowest BCUT2D eigenvalue weighted by Gasteiger charge is -2.10. The van der Waals surface area contributed by atoms with Gasteiger partial charge in [0.05, 0.1) is 0 Å². The summed E-state index contributed by atoms with van der Waals surface area (Å²) in [5, 5.41) is 0. The second kappa shape index (κ2) is 10.1. The number of hydrogen-bond acceptors (Lipinski definition) is 5. The number of carbonyl (C=O) groups is 4. The summed E-state index contributed by atoms with van der Waals surface area (Å²) >= 11 is 0. The fraction of sp³-hybridized carbons (Fsp3) is 0.471. The zero-order valence-corrected chi connectivity index (χ0v) is 15.4. The summed E-state index contributed by atoms with van der Waals surface area (Å²) < 4.78 is 0. The monoisotopic (exact) mass is 363 g/mol. The van der Waals surface area contributed by atoms with Crippen LogP contribution in [0.2, 0.25) is 0 Å². The van der Waals surface area contributed by atoms with Crippen molar-refractivity contribution in [2.24, 2.45) is 11.8 Å². The van der Waals surface area contributed by atoms with Crippen molar-refractivity contribution in [3.05, 3.63) is 29.6 Å². The van der Waals surface area contributed by atoms with Crippen molar-refractivity contribution < 1.29 is 19.2 Å². The van der Waals surface area contributed by atoms with Gasteiger partial charge < -0.3 is 0 Å². The Hall–Kier alpha value is -2.97. The van der Waals surface area contributed by atoms with Crippen molar-refractivity contribution in [2.75, 3.05) is 0 Å². The Morgan fingerprint density at radius 2 is 1.15 bits per heavy atom. The molecule has 9 nitrogen and oxygen atoms in total. The lowest BCUT2D eigenvalue weighted by molar-refractivity contribution is -0.123. The molecule has 0 fully saturated rings. The van der Waals surface area contributed by atoms with E-state index in [4.69, 9.17) is 0 Å². The summed E-state index contributed by atoms with van der Waals surface area (Å²) in [6, 6.07) is 4.28. The lowest BCUT2D eigenvalue weighted by Crippen LogP contribution is -2.43. The Balaban J connectivity index is 2.60. The van der Waals surface area contributed by atoms with Gasteiger partial charge in [0.15, 0.2) is 0 Å². The van der Waals surface area contributed by atoms with Crippen LogP contribution in [0.5, 0.6) is 0 Å². The molecule has 1 rings (SSSR count). The number of carbonyl (C=O) groups excluding carboxylic acids is 4. The zero-order chi connectivity index (χ0) is 19.7. The van der Waals surface area contributed by atoms with Crippen LogP contribution in [-0.2, 0) is 9.59 Å². The summed E-state index contributed by atoms with van der Waals surface area (Å²) in [6.45, 7) is 7.52. The average molecular weight is 363 g/mol. The average Bonchev–Trinajstić information content (AvgIpc) is 2.56. The van der Waals surface area contributed by atoms with E-state index in [0.717, 1.165) is 0 Å². The lowest BCUT2D eigenvalue weighted by atomic mass is 10.1. The molecule has 4 N–H and O–H groups in total. The highest BCUT2D eigenvalue weighted by Gasteiger charge is 2.14. The summed E-state index contributed by atoms with van der Waals surface area (Å²) in [4.78, 5) is 51.0. The Labute approximate surface area is 152 Å². The molecule has 0 aromatic carbocycles. The number of amides is 4. The van der Waals surface area contributed by atoms with Crippen molar-refractivity contribution in [1.82, 2.24) is 26.7 Å². The molecule has 1 aromatic rings. The van der Waals surface area contributed by atoms with Crippen LogP contribution in [0, 0.1) is 11.8 Å². The van der Waals surface area contributed by atoms with E-state index < -0.39 is 11.8 Å². The van der Waals surface area contributed by atoms with E-state index >= 15 is 0 Å². The summed E-state index contributed by atoms with van der Waals surface area (Å²) in [5.41, 5.74) is 8.95. The molecule has 0 spiro atoms. The molecule has 0 aliphatic rings. The third-order valence-corrected chi connectivity index (χ3v) is 3.03. The molecular formula is C17H25N5O4. The quantitative estimate of drug-likeness (QED) is 0.553. The van der Waals surface area contributed by atoms with Crippen LogP contribution < -0.4 is 21.7 Å². The van der Waals surface area contributed by atoms with Crippen molar-refractivity contribution in [3.8, 4) is 0 Å². The Morgan fingerprint density at radius 1 is 0.769 bits per heavy atom. The van der Waals surface area contributed by atoms with Gasteiger partial charge in [-0.1, -0.05) is 33.8 Å². The smallest absolute Gasteiger partial charge is 0.273 e. The third-order valence-electron chi connectivity index (χ3n) is 3.03. The molecule has 1 heterocycles. The number of nitrogens with one attached hydrogen (secondary N) is 4. The van der Waals surface area contributed by atoms with Crippen LogP contribution in [0.3, 0.4) is 0 Å². The first-order valence-corrected chi connectivity index (χ1v) is 8.34. The van der Waals surface area contributed by atoms with Crippen LogP contribution in [0.25, 0.3) is 0 Å². The van der Waals surface area contributed by atoms with Gasteiger partial charge in [0.1, 0.15) is 11.4 Å². The van der Waals surface area contributed by atoms with E-state index in [1.54, 1.807) is 0 Å². The molecule has 142 valence electrons. The Bertz CT molecular complexity index is 620. The number of rotatable bonds is 6. The maximum absolute atomic E-state index is 12.0. The molecule has 9 heteroatoms. The number of nitrogens with zero attached hydrogens (tertiary/aromatic N) is 1. The number of pyridine rings is 1. The largest absolute Gasteiger partial charge is 0.288 e. The van der Waals surface area contributed by atoms with Gasteiger partial charge in [-0.25, -0.2) is 4.98 Å². The maximum Gasteiger partial charge on any atom is 0.288 e. The molecule has 4 amide bonds. The topological polar surface area (TPSA) is 129 Å². The second-order valence-electron chi connectivity index (χ2n) is 6.61. The molecule has 0 atom stereocenters. The molecule has 0 aliphatic carbocycles. The third kappa shape index (κ3) is 7.73. The molecule has 0 saturated heterocycles. The van der Waals surface area contributed by atoms with Gasteiger partial charge in [0.25, 0.3) is 11.8 Å². The standard InChI is InChI=1S/C17H25N5O4/c1-10(2)8-14(23)19-21-16(25)12-6-5-7-13(18-12)17(26)22-20-15(24)9-11(3)4/h5-7,10-11H,8-9H2,1-4H3,(H,19,23)(H,20,24)(H,21,25)(H,22,26). The van der Waals surface area contributed by atoms with E-state index in [1.165, 1.54) is 18.2 Å². The molecule has 0 radical (unpaired) electrons. The normalized spacial score (nSPS) is 10.4. The predicted octanol–water partition coefficient (Wildman–Crippen LogP) is 0.696.